The molecule has 2 nitrogen and oxygen atoms in total. The van der Waals surface area contributed by atoms with Gasteiger partial charge in [0.05, 0.1) is 0 Å². The van der Waals surface area contributed by atoms with Crippen LogP contribution in [0.1, 0.15) is 12.6 Å². The summed E-state index contributed by atoms with van der Waals surface area (Å²) in [5.74, 6) is 0. The zero-order valence-electron chi connectivity index (χ0n) is 5.82. The molecule has 1 heterocycles. The Morgan fingerprint density at radius 2 is 2.30 bits per heavy atom. The van der Waals surface area contributed by atoms with Crippen LogP contribution in [0, 0.1) is 5.21 Å². The maximum absolute atomic E-state index is 10.9. The van der Waals surface area contributed by atoms with E-state index in [0.29, 0.717) is 5.69 Å². The third kappa shape index (κ3) is 1.35. The van der Waals surface area contributed by atoms with Crippen LogP contribution < -0.4 is 4.73 Å². The Bertz CT molecular complexity index is 243. The highest BCUT2D eigenvalue weighted by Gasteiger charge is 1.93. The molecule has 0 aliphatic heterocycles. The van der Waals surface area contributed by atoms with Gasteiger partial charge >= 0.3 is 0 Å². The predicted octanol–water partition coefficient (Wildman–Crippen LogP) is 1.35. The molecule has 10 heavy (non-hydrogen) atoms. The lowest BCUT2D eigenvalue weighted by Gasteiger charge is -1.96. The monoisotopic (exact) mass is 135 g/mol. The second-order valence-electron chi connectivity index (χ2n) is 1.95. The molecule has 0 N–H and O–H groups in total. The maximum atomic E-state index is 10.9. The first-order valence-corrected chi connectivity index (χ1v) is 3.15. The van der Waals surface area contributed by atoms with Gasteiger partial charge < -0.3 is 5.21 Å². The molecule has 1 aromatic rings. The molecule has 0 fully saturated rings. The summed E-state index contributed by atoms with van der Waals surface area (Å²) in [4.78, 5) is 0. The minimum atomic E-state index is 0.671. The fourth-order valence-electron chi connectivity index (χ4n) is 0.741. The van der Waals surface area contributed by atoms with E-state index in [2.05, 4.69) is 0 Å². The molecular formula is C8H9NO. The summed E-state index contributed by atoms with van der Waals surface area (Å²) in [7, 11) is 0. The number of rotatable bonds is 1. The average Bonchev–Trinajstić information content (AvgIpc) is 1.94. The van der Waals surface area contributed by atoms with Crippen LogP contribution in [-0.2, 0) is 0 Å². The topological polar surface area (TPSA) is 26.9 Å². The van der Waals surface area contributed by atoms with Crippen molar-refractivity contribution in [1.29, 1.82) is 0 Å². The molecule has 0 saturated heterocycles. The van der Waals surface area contributed by atoms with Crippen LogP contribution in [0.15, 0.2) is 30.5 Å². The van der Waals surface area contributed by atoms with Crippen LogP contribution in [0.2, 0.25) is 0 Å². The number of allylic oxidation sites excluding steroid dienone is 1. The number of hydrogen-bond acceptors (Lipinski definition) is 1. The smallest absolute Gasteiger partial charge is 0.216 e. The van der Waals surface area contributed by atoms with Crippen LogP contribution in [0.5, 0.6) is 0 Å². The van der Waals surface area contributed by atoms with Gasteiger partial charge in [-0.25, -0.2) is 0 Å². The van der Waals surface area contributed by atoms with Gasteiger partial charge in [-0.3, -0.25) is 0 Å². The third-order valence-corrected chi connectivity index (χ3v) is 1.19. The van der Waals surface area contributed by atoms with Crippen LogP contribution in [0.4, 0.5) is 0 Å². The first-order valence-electron chi connectivity index (χ1n) is 3.15. The summed E-state index contributed by atoms with van der Waals surface area (Å²) in [5.41, 5.74) is 0.671. The van der Waals surface area contributed by atoms with Crippen molar-refractivity contribution in [3.05, 3.63) is 41.4 Å². The van der Waals surface area contributed by atoms with Gasteiger partial charge in [-0.2, -0.15) is 4.73 Å². The van der Waals surface area contributed by atoms with Crippen molar-refractivity contribution in [1.82, 2.24) is 0 Å². The van der Waals surface area contributed by atoms with Gasteiger partial charge in [0.25, 0.3) is 0 Å². The van der Waals surface area contributed by atoms with Crippen LogP contribution >= 0.6 is 0 Å². The Balaban J connectivity index is 3.03. The van der Waals surface area contributed by atoms with Gasteiger partial charge in [-0.1, -0.05) is 6.08 Å². The van der Waals surface area contributed by atoms with E-state index in [-0.39, 0.29) is 0 Å². The first-order chi connectivity index (χ1) is 4.84. The molecule has 0 aromatic carbocycles. The summed E-state index contributed by atoms with van der Waals surface area (Å²) in [5, 5.41) is 10.9. The van der Waals surface area contributed by atoms with Crippen molar-refractivity contribution >= 4 is 6.08 Å². The van der Waals surface area contributed by atoms with Crippen LogP contribution in [0.3, 0.4) is 0 Å². The van der Waals surface area contributed by atoms with Gasteiger partial charge in [0, 0.05) is 18.2 Å². The minimum Gasteiger partial charge on any atom is -0.618 e. The van der Waals surface area contributed by atoms with Crippen molar-refractivity contribution in [2.24, 2.45) is 0 Å². The molecule has 52 valence electrons. The molecule has 0 amide bonds. The summed E-state index contributed by atoms with van der Waals surface area (Å²) in [6, 6.07) is 5.32. The average molecular weight is 135 g/mol. The molecule has 0 unspecified atom stereocenters. The van der Waals surface area contributed by atoms with E-state index < -0.39 is 0 Å². The van der Waals surface area contributed by atoms with E-state index in [1.54, 1.807) is 18.2 Å². The molecule has 0 saturated carbocycles. The Hall–Kier alpha value is -1.31. The summed E-state index contributed by atoms with van der Waals surface area (Å²) in [6.45, 7) is 1.88. The first kappa shape index (κ1) is 6.81. The quantitative estimate of drug-likeness (QED) is 0.422. The summed E-state index contributed by atoms with van der Waals surface area (Å²) >= 11 is 0. The standard InChI is InChI=1S/C8H9NO/c1-2-5-8-6-3-4-7-9(8)10/h2-7H,1H3/b5-2+. The lowest BCUT2D eigenvalue weighted by molar-refractivity contribution is -0.607. The van der Waals surface area contributed by atoms with Crippen LogP contribution in [-0.4, -0.2) is 0 Å². The lowest BCUT2D eigenvalue weighted by Crippen LogP contribution is -2.28. The largest absolute Gasteiger partial charge is 0.618 e. The van der Waals surface area contributed by atoms with E-state index in [4.69, 9.17) is 0 Å². The maximum Gasteiger partial charge on any atom is 0.216 e. The molecule has 0 radical (unpaired) electrons. The van der Waals surface area contributed by atoms with Crippen molar-refractivity contribution < 1.29 is 4.73 Å². The highest BCUT2D eigenvalue weighted by Crippen LogP contribution is 1.92. The number of pyridine rings is 1. The Morgan fingerprint density at radius 1 is 1.50 bits per heavy atom. The van der Waals surface area contributed by atoms with Gasteiger partial charge in [0.1, 0.15) is 0 Å². The van der Waals surface area contributed by atoms with E-state index in [1.165, 1.54) is 6.20 Å². The van der Waals surface area contributed by atoms with E-state index >= 15 is 0 Å². The fourth-order valence-corrected chi connectivity index (χ4v) is 0.741. The highest BCUT2D eigenvalue weighted by molar-refractivity contribution is 5.40. The molecule has 1 aromatic heterocycles. The molecular weight excluding hydrogens is 126 g/mol. The second-order valence-corrected chi connectivity index (χ2v) is 1.95. The Labute approximate surface area is 60.0 Å². The zero-order chi connectivity index (χ0) is 7.40. The van der Waals surface area contributed by atoms with E-state index in [9.17, 15) is 5.21 Å². The fraction of sp³-hybridized carbons (Fsp3) is 0.125. The van der Waals surface area contributed by atoms with Crippen molar-refractivity contribution in [2.45, 2.75) is 6.92 Å². The van der Waals surface area contributed by atoms with Gasteiger partial charge in [0.15, 0.2) is 6.20 Å². The normalized spacial score (nSPS) is 10.5. The molecule has 0 aliphatic rings. The SMILES string of the molecule is C/C=C/c1cccc[n+]1[O-]. The van der Waals surface area contributed by atoms with E-state index in [1.807, 2.05) is 19.1 Å². The zero-order valence-corrected chi connectivity index (χ0v) is 5.82. The predicted molar refractivity (Wildman–Crippen MR) is 40.1 cm³/mol. The minimum absolute atomic E-state index is 0.671. The van der Waals surface area contributed by atoms with Gasteiger partial charge in [-0.05, 0) is 13.0 Å². The number of nitrogens with zero attached hydrogens (tertiary/aromatic N) is 1. The van der Waals surface area contributed by atoms with Crippen molar-refractivity contribution in [3.8, 4) is 0 Å². The summed E-state index contributed by atoms with van der Waals surface area (Å²) < 4.78 is 0.833. The second kappa shape index (κ2) is 3.01. The van der Waals surface area contributed by atoms with Crippen molar-refractivity contribution in [3.63, 3.8) is 0 Å². The van der Waals surface area contributed by atoms with Gasteiger partial charge in [0.2, 0.25) is 5.69 Å². The van der Waals surface area contributed by atoms with Gasteiger partial charge in [-0.15, -0.1) is 0 Å². The Morgan fingerprint density at radius 3 is 2.90 bits per heavy atom. The molecule has 0 spiro atoms. The molecule has 0 atom stereocenters. The Kier molecular flexibility index (Phi) is 2.05. The number of aromatic nitrogens is 1. The van der Waals surface area contributed by atoms with E-state index in [0.717, 1.165) is 4.73 Å². The van der Waals surface area contributed by atoms with Crippen LogP contribution in [0.25, 0.3) is 6.08 Å². The van der Waals surface area contributed by atoms with Crippen molar-refractivity contribution in [2.75, 3.05) is 0 Å². The molecule has 2 heteroatoms. The molecule has 1 rings (SSSR count). The molecule has 0 aliphatic carbocycles. The third-order valence-electron chi connectivity index (χ3n) is 1.19. The lowest BCUT2D eigenvalue weighted by atomic mass is 10.3. The number of hydrogen-bond donors (Lipinski definition) is 0. The molecule has 0 bridgehead atoms. The highest BCUT2D eigenvalue weighted by atomic mass is 16.5. The summed E-state index contributed by atoms with van der Waals surface area (Å²) in [6.07, 6.45) is 5.09.